The molecule has 0 aromatic carbocycles. The highest BCUT2D eigenvalue weighted by molar-refractivity contribution is 5.82. The van der Waals surface area contributed by atoms with E-state index in [0.29, 0.717) is 0 Å². The summed E-state index contributed by atoms with van der Waals surface area (Å²) in [4.78, 5) is 14.0. The first-order valence-electron chi connectivity index (χ1n) is 6.28. The normalized spacial score (nSPS) is 23.1. The third-order valence-electron chi connectivity index (χ3n) is 3.02. The Labute approximate surface area is 98.8 Å². The van der Waals surface area contributed by atoms with Gasteiger partial charge < -0.3 is 15.5 Å². The SMILES string of the molecule is CC(CCN(C)C)NC(=O)[C@@H]1CCCCN1. The standard InChI is InChI=1S/C12H25N3O/c1-10(7-9-15(2)3)14-12(16)11-6-4-5-8-13-11/h10-11,13H,4-9H2,1-3H3,(H,14,16)/t10?,11-/m0/s1. The molecular weight excluding hydrogens is 202 g/mol. The second kappa shape index (κ2) is 6.86. The van der Waals surface area contributed by atoms with Crippen molar-refractivity contribution in [2.24, 2.45) is 0 Å². The molecule has 1 aliphatic rings. The zero-order valence-corrected chi connectivity index (χ0v) is 10.8. The number of rotatable bonds is 5. The van der Waals surface area contributed by atoms with Crippen LogP contribution in [0.3, 0.4) is 0 Å². The van der Waals surface area contributed by atoms with E-state index in [1.165, 1.54) is 6.42 Å². The Hall–Kier alpha value is -0.610. The molecule has 2 atom stereocenters. The molecule has 1 fully saturated rings. The Kier molecular flexibility index (Phi) is 5.77. The van der Waals surface area contributed by atoms with Gasteiger partial charge in [-0.1, -0.05) is 6.42 Å². The molecule has 1 saturated heterocycles. The lowest BCUT2D eigenvalue weighted by Crippen LogP contribution is -2.49. The maximum Gasteiger partial charge on any atom is 0.237 e. The first-order valence-corrected chi connectivity index (χ1v) is 6.28. The van der Waals surface area contributed by atoms with Crippen LogP contribution in [-0.2, 0) is 4.79 Å². The van der Waals surface area contributed by atoms with Crippen LogP contribution in [0.1, 0.15) is 32.6 Å². The topological polar surface area (TPSA) is 44.4 Å². The molecule has 16 heavy (non-hydrogen) atoms. The minimum atomic E-state index is 0.0376. The molecule has 0 radical (unpaired) electrons. The molecule has 0 aliphatic carbocycles. The summed E-state index contributed by atoms with van der Waals surface area (Å²) in [7, 11) is 4.11. The van der Waals surface area contributed by atoms with Gasteiger partial charge in [0.2, 0.25) is 5.91 Å². The van der Waals surface area contributed by atoms with Crippen molar-refractivity contribution in [1.29, 1.82) is 0 Å². The lowest BCUT2D eigenvalue weighted by atomic mass is 10.0. The van der Waals surface area contributed by atoms with Gasteiger partial charge in [0, 0.05) is 6.04 Å². The molecule has 0 bridgehead atoms. The molecule has 4 nitrogen and oxygen atoms in total. The van der Waals surface area contributed by atoms with Crippen LogP contribution in [0.15, 0.2) is 0 Å². The molecule has 0 spiro atoms. The highest BCUT2D eigenvalue weighted by atomic mass is 16.2. The van der Waals surface area contributed by atoms with Gasteiger partial charge in [-0.05, 0) is 53.4 Å². The number of carbonyl (C=O) groups is 1. The third-order valence-corrected chi connectivity index (χ3v) is 3.02. The van der Waals surface area contributed by atoms with E-state index in [0.717, 1.165) is 32.4 Å². The van der Waals surface area contributed by atoms with Crippen LogP contribution in [0, 0.1) is 0 Å². The molecule has 94 valence electrons. The second-order valence-electron chi connectivity index (χ2n) is 5.00. The summed E-state index contributed by atoms with van der Waals surface area (Å²) in [6, 6.07) is 0.300. The number of nitrogens with one attached hydrogen (secondary N) is 2. The molecule has 0 aromatic heterocycles. The second-order valence-corrected chi connectivity index (χ2v) is 5.00. The van der Waals surface area contributed by atoms with E-state index in [2.05, 4.69) is 36.6 Å². The van der Waals surface area contributed by atoms with Crippen LogP contribution < -0.4 is 10.6 Å². The van der Waals surface area contributed by atoms with Gasteiger partial charge in [0.05, 0.1) is 6.04 Å². The molecule has 0 aromatic rings. The van der Waals surface area contributed by atoms with Crippen molar-refractivity contribution in [3.8, 4) is 0 Å². The zero-order valence-electron chi connectivity index (χ0n) is 10.8. The van der Waals surface area contributed by atoms with Crippen molar-refractivity contribution in [2.75, 3.05) is 27.2 Å². The van der Waals surface area contributed by atoms with Gasteiger partial charge in [-0.15, -0.1) is 0 Å². The average Bonchev–Trinajstić information content (AvgIpc) is 2.27. The number of hydrogen-bond donors (Lipinski definition) is 2. The molecule has 1 rings (SSSR count). The fraction of sp³-hybridized carbons (Fsp3) is 0.917. The van der Waals surface area contributed by atoms with Crippen molar-refractivity contribution in [2.45, 2.75) is 44.7 Å². The quantitative estimate of drug-likeness (QED) is 0.722. The fourth-order valence-electron chi connectivity index (χ4n) is 1.94. The Bertz CT molecular complexity index is 212. The van der Waals surface area contributed by atoms with Crippen molar-refractivity contribution < 1.29 is 4.79 Å². The summed E-state index contributed by atoms with van der Waals surface area (Å²) in [5.41, 5.74) is 0. The van der Waals surface area contributed by atoms with E-state index in [4.69, 9.17) is 0 Å². The number of carbonyl (C=O) groups excluding carboxylic acids is 1. The predicted octanol–water partition coefficient (Wildman–Crippen LogP) is 0.585. The number of nitrogens with zero attached hydrogens (tertiary/aromatic N) is 1. The van der Waals surface area contributed by atoms with Crippen LogP contribution in [0.2, 0.25) is 0 Å². The van der Waals surface area contributed by atoms with E-state index < -0.39 is 0 Å². The molecule has 1 amide bonds. The monoisotopic (exact) mass is 227 g/mol. The summed E-state index contributed by atoms with van der Waals surface area (Å²) in [6.45, 7) is 4.06. The van der Waals surface area contributed by atoms with Crippen molar-refractivity contribution >= 4 is 5.91 Å². The fourth-order valence-corrected chi connectivity index (χ4v) is 1.94. The molecule has 1 aliphatic heterocycles. The van der Waals surface area contributed by atoms with E-state index >= 15 is 0 Å². The molecule has 1 unspecified atom stereocenters. The van der Waals surface area contributed by atoms with E-state index in [1.807, 2.05) is 0 Å². The highest BCUT2D eigenvalue weighted by Gasteiger charge is 2.21. The summed E-state index contributed by atoms with van der Waals surface area (Å²) >= 11 is 0. The molecule has 2 N–H and O–H groups in total. The number of amides is 1. The Morgan fingerprint density at radius 2 is 2.25 bits per heavy atom. The molecular formula is C12H25N3O. The number of piperidine rings is 1. The van der Waals surface area contributed by atoms with Gasteiger partial charge in [-0.25, -0.2) is 0 Å². The van der Waals surface area contributed by atoms with Crippen molar-refractivity contribution in [3.05, 3.63) is 0 Å². The maximum absolute atomic E-state index is 11.9. The average molecular weight is 227 g/mol. The molecule has 0 saturated carbocycles. The third kappa shape index (κ3) is 4.94. The summed E-state index contributed by atoms with van der Waals surface area (Å²) in [5.74, 6) is 0.172. The minimum absolute atomic E-state index is 0.0376. The van der Waals surface area contributed by atoms with Gasteiger partial charge in [-0.3, -0.25) is 4.79 Å². The van der Waals surface area contributed by atoms with Crippen LogP contribution >= 0.6 is 0 Å². The van der Waals surface area contributed by atoms with E-state index in [-0.39, 0.29) is 18.0 Å². The maximum atomic E-state index is 11.9. The minimum Gasteiger partial charge on any atom is -0.352 e. The Balaban J connectivity index is 2.21. The van der Waals surface area contributed by atoms with Crippen LogP contribution in [-0.4, -0.2) is 50.1 Å². The Morgan fingerprint density at radius 3 is 2.81 bits per heavy atom. The first kappa shape index (κ1) is 13.5. The number of hydrogen-bond acceptors (Lipinski definition) is 3. The first-order chi connectivity index (χ1) is 7.59. The Morgan fingerprint density at radius 1 is 1.50 bits per heavy atom. The van der Waals surface area contributed by atoms with Gasteiger partial charge >= 0.3 is 0 Å². The lowest BCUT2D eigenvalue weighted by Gasteiger charge is -2.25. The van der Waals surface area contributed by atoms with Gasteiger partial charge in [0.15, 0.2) is 0 Å². The van der Waals surface area contributed by atoms with Crippen LogP contribution in [0.4, 0.5) is 0 Å². The lowest BCUT2D eigenvalue weighted by molar-refractivity contribution is -0.124. The zero-order chi connectivity index (χ0) is 12.0. The summed E-state index contributed by atoms with van der Waals surface area (Å²) in [5, 5.41) is 6.34. The molecule has 1 heterocycles. The van der Waals surface area contributed by atoms with Crippen molar-refractivity contribution in [1.82, 2.24) is 15.5 Å². The van der Waals surface area contributed by atoms with Crippen LogP contribution in [0.25, 0.3) is 0 Å². The smallest absolute Gasteiger partial charge is 0.237 e. The highest BCUT2D eigenvalue weighted by Crippen LogP contribution is 2.07. The van der Waals surface area contributed by atoms with E-state index in [1.54, 1.807) is 0 Å². The van der Waals surface area contributed by atoms with Gasteiger partial charge in [0.25, 0.3) is 0 Å². The van der Waals surface area contributed by atoms with Crippen LogP contribution in [0.5, 0.6) is 0 Å². The largest absolute Gasteiger partial charge is 0.352 e. The summed E-state index contributed by atoms with van der Waals surface area (Å²) < 4.78 is 0. The molecule has 4 heteroatoms. The predicted molar refractivity (Wildman–Crippen MR) is 66.4 cm³/mol. The van der Waals surface area contributed by atoms with Gasteiger partial charge in [0.1, 0.15) is 0 Å². The summed E-state index contributed by atoms with van der Waals surface area (Å²) in [6.07, 6.45) is 4.34. The van der Waals surface area contributed by atoms with E-state index in [9.17, 15) is 4.79 Å². The van der Waals surface area contributed by atoms with Gasteiger partial charge in [-0.2, -0.15) is 0 Å². The van der Waals surface area contributed by atoms with Crippen molar-refractivity contribution in [3.63, 3.8) is 0 Å².